The van der Waals surface area contributed by atoms with E-state index in [0.29, 0.717) is 36.4 Å². The molecule has 2 amide bonds. The second-order valence-corrected chi connectivity index (χ2v) is 11.4. The number of rotatable bonds is 7. The highest BCUT2D eigenvalue weighted by molar-refractivity contribution is 5.97. The predicted octanol–water partition coefficient (Wildman–Crippen LogP) is 3.11. The lowest BCUT2D eigenvalue weighted by molar-refractivity contribution is -0.119. The van der Waals surface area contributed by atoms with Crippen LogP contribution in [-0.2, 0) is 9.53 Å². The number of pyridine rings is 1. The molecule has 14 heteroatoms. The Balaban J connectivity index is 1.24. The van der Waals surface area contributed by atoms with Crippen LogP contribution in [0.3, 0.4) is 0 Å². The fourth-order valence-electron chi connectivity index (χ4n) is 6.16. The summed E-state index contributed by atoms with van der Waals surface area (Å²) in [4.78, 5) is 53.0. The number of carboxylic acids is 1. The summed E-state index contributed by atoms with van der Waals surface area (Å²) in [6, 6.07) is 5.03. The molecule has 0 aliphatic carbocycles. The smallest absolute Gasteiger partial charge is 0.414 e. The quantitative estimate of drug-likeness (QED) is 0.414. The molecule has 2 saturated heterocycles. The molecule has 0 bridgehead atoms. The number of anilines is 3. The van der Waals surface area contributed by atoms with Crippen LogP contribution < -0.4 is 30.2 Å². The average molecular weight is 612 g/mol. The van der Waals surface area contributed by atoms with Crippen LogP contribution in [0.2, 0.25) is 0 Å². The number of benzene rings is 2. The number of nitrogens with zero attached hydrogens (tertiary/aromatic N) is 4. The van der Waals surface area contributed by atoms with Gasteiger partial charge in [-0.15, -0.1) is 0 Å². The average Bonchev–Trinajstić information content (AvgIpc) is 3.61. The van der Waals surface area contributed by atoms with Crippen molar-refractivity contribution in [2.75, 3.05) is 54.5 Å². The van der Waals surface area contributed by atoms with Crippen molar-refractivity contribution >= 4 is 45.9 Å². The maximum absolute atomic E-state index is 15.7. The molecular formula is C30H31F2N5O7. The van der Waals surface area contributed by atoms with Gasteiger partial charge in [0.25, 0.3) is 0 Å². The third-order valence-electron chi connectivity index (χ3n) is 8.48. The van der Waals surface area contributed by atoms with Crippen LogP contribution in [0.5, 0.6) is 5.75 Å². The van der Waals surface area contributed by atoms with E-state index in [2.05, 4.69) is 5.32 Å². The van der Waals surface area contributed by atoms with Crippen LogP contribution in [-0.4, -0.2) is 79.6 Å². The van der Waals surface area contributed by atoms with Gasteiger partial charge in [0.05, 0.1) is 41.4 Å². The number of ether oxygens (including phenoxy) is 2. The fraction of sp³-hybridized carbons (Fsp3) is 0.400. The lowest BCUT2D eigenvalue weighted by atomic mass is 10.1. The maximum Gasteiger partial charge on any atom is 0.414 e. The van der Waals surface area contributed by atoms with E-state index in [1.165, 1.54) is 24.1 Å². The zero-order valence-corrected chi connectivity index (χ0v) is 24.3. The van der Waals surface area contributed by atoms with Crippen LogP contribution in [0.1, 0.15) is 36.7 Å². The number of cyclic esters (lactones) is 1. The topological polar surface area (TPSA) is 134 Å². The number of carbonyl (C=O) groups is 3. The minimum absolute atomic E-state index is 0.0638. The Hall–Kier alpha value is -4.88. The van der Waals surface area contributed by atoms with Crippen LogP contribution in [0.15, 0.2) is 35.3 Å². The molecule has 0 radical (unpaired) electrons. The number of amides is 2. The Morgan fingerprint density at radius 2 is 1.93 bits per heavy atom. The third-order valence-corrected chi connectivity index (χ3v) is 8.48. The van der Waals surface area contributed by atoms with Crippen LogP contribution in [0.4, 0.5) is 30.6 Å². The zero-order valence-electron chi connectivity index (χ0n) is 24.3. The van der Waals surface area contributed by atoms with Crippen LogP contribution in [0.25, 0.3) is 10.9 Å². The van der Waals surface area contributed by atoms with E-state index in [9.17, 15) is 24.3 Å². The van der Waals surface area contributed by atoms with Crippen LogP contribution >= 0.6 is 0 Å². The molecule has 0 saturated carbocycles. The summed E-state index contributed by atoms with van der Waals surface area (Å²) in [5.74, 6) is -2.71. The van der Waals surface area contributed by atoms with Crippen molar-refractivity contribution in [1.82, 2.24) is 9.88 Å². The number of likely N-dealkylation sites (N-methyl/N-ethyl adjacent to an activating group) is 1. The third kappa shape index (κ3) is 4.93. The van der Waals surface area contributed by atoms with Gasteiger partial charge in [-0.2, -0.15) is 0 Å². The van der Waals surface area contributed by atoms with E-state index in [-0.39, 0.29) is 54.5 Å². The second kappa shape index (κ2) is 11.0. The highest BCUT2D eigenvalue weighted by Gasteiger charge is 2.36. The molecule has 1 aromatic heterocycles. The molecule has 3 aliphatic rings. The van der Waals surface area contributed by atoms with Crippen molar-refractivity contribution in [3.8, 4) is 5.75 Å². The van der Waals surface area contributed by atoms with Crippen molar-refractivity contribution in [2.45, 2.75) is 38.5 Å². The molecule has 3 atom stereocenters. The summed E-state index contributed by atoms with van der Waals surface area (Å²) in [5.41, 5.74) is -0.0856. The molecule has 232 valence electrons. The van der Waals surface area contributed by atoms with Crippen LogP contribution in [0, 0.1) is 11.6 Å². The Morgan fingerprint density at radius 3 is 2.64 bits per heavy atom. The summed E-state index contributed by atoms with van der Waals surface area (Å²) >= 11 is 0. The van der Waals surface area contributed by atoms with E-state index >= 15 is 8.78 Å². The summed E-state index contributed by atoms with van der Waals surface area (Å²) in [6.07, 6.45) is 0.667. The van der Waals surface area contributed by atoms with E-state index in [4.69, 9.17) is 9.47 Å². The minimum Gasteiger partial charge on any atom is -0.487 e. The Bertz CT molecular complexity index is 1760. The first-order valence-corrected chi connectivity index (χ1v) is 14.2. The molecule has 2 N–H and O–H groups in total. The highest BCUT2D eigenvalue weighted by atomic mass is 19.1. The first-order chi connectivity index (χ1) is 20.9. The van der Waals surface area contributed by atoms with Gasteiger partial charge < -0.3 is 34.3 Å². The number of hydrogen-bond donors (Lipinski definition) is 2. The molecule has 4 heterocycles. The summed E-state index contributed by atoms with van der Waals surface area (Å²) in [7, 11) is 1.74. The second-order valence-electron chi connectivity index (χ2n) is 11.4. The molecular weight excluding hydrogens is 580 g/mol. The molecule has 0 unspecified atom stereocenters. The number of hydrogen-bond acceptors (Lipinski definition) is 8. The van der Waals surface area contributed by atoms with Crippen molar-refractivity contribution in [3.05, 3.63) is 57.9 Å². The minimum atomic E-state index is -1.39. The first kappa shape index (κ1) is 29.2. The van der Waals surface area contributed by atoms with E-state index in [1.54, 1.807) is 33.5 Å². The molecule has 6 rings (SSSR count). The predicted molar refractivity (Wildman–Crippen MR) is 157 cm³/mol. The number of carboxylic acid groups (broad SMARTS) is 1. The summed E-state index contributed by atoms with van der Waals surface area (Å²) < 4.78 is 44.0. The lowest BCUT2D eigenvalue weighted by Crippen LogP contribution is -2.36. The van der Waals surface area contributed by atoms with Gasteiger partial charge in [0, 0.05) is 39.3 Å². The molecule has 12 nitrogen and oxygen atoms in total. The SMILES string of the molecule is CC(=O)NC[C@H]1CN(c2ccc(N(C)[C@@H]3CCN(c4c(F)cc5c(=O)c(C(=O)O)cn6c5c4OC[C@@H]6C)C3)c(F)c2)C(=O)O1. The van der Waals surface area contributed by atoms with Gasteiger partial charge in [0.2, 0.25) is 11.3 Å². The van der Waals surface area contributed by atoms with Gasteiger partial charge in [-0.3, -0.25) is 14.5 Å². The Kier molecular flexibility index (Phi) is 7.30. The number of nitrogens with one attached hydrogen (secondary N) is 1. The molecule has 44 heavy (non-hydrogen) atoms. The fourth-order valence-corrected chi connectivity index (χ4v) is 6.16. The van der Waals surface area contributed by atoms with Gasteiger partial charge in [0.15, 0.2) is 11.6 Å². The van der Waals surface area contributed by atoms with E-state index < -0.39 is 40.8 Å². The van der Waals surface area contributed by atoms with Gasteiger partial charge >= 0.3 is 12.1 Å². The standard InChI is InChI=1S/C30H31F2N5O7/c1-15-14-43-28-25-20(27(39)21(29(40)41)13-36(15)25)9-23(32)26(28)35-7-6-18(11-35)34(3)24-5-4-17(8-22(24)31)37-12-19(44-30(37)42)10-33-16(2)38/h4-5,8-9,13,15,18-19H,6-7,10-12,14H2,1-3H3,(H,33,38)(H,40,41)/t15-,18+,19-/m0/s1. The number of carbonyl (C=O) groups excluding carboxylic acids is 2. The van der Waals surface area contributed by atoms with Gasteiger partial charge in [0.1, 0.15) is 29.8 Å². The Morgan fingerprint density at radius 1 is 1.16 bits per heavy atom. The number of aromatic nitrogens is 1. The highest BCUT2D eigenvalue weighted by Crippen LogP contribution is 2.43. The Labute approximate surface area is 250 Å². The largest absolute Gasteiger partial charge is 0.487 e. The van der Waals surface area contributed by atoms with Gasteiger partial charge in [-0.05, 0) is 37.6 Å². The van der Waals surface area contributed by atoms with Crippen molar-refractivity contribution in [3.63, 3.8) is 0 Å². The lowest BCUT2D eigenvalue weighted by Gasteiger charge is -2.32. The molecule has 3 aromatic rings. The molecule has 2 aromatic carbocycles. The number of aromatic carboxylic acids is 1. The molecule has 0 spiro atoms. The summed E-state index contributed by atoms with van der Waals surface area (Å²) in [6.45, 7) is 4.42. The van der Waals surface area contributed by atoms with Gasteiger partial charge in [-0.25, -0.2) is 18.4 Å². The van der Waals surface area contributed by atoms with Crippen molar-refractivity contribution < 1.29 is 37.7 Å². The van der Waals surface area contributed by atoms with E-state index in [1.807, 2.05) is 6.92 Å². The van der Waals surface area contributed by atoms with Gasteiger partial charge in [-0.1, -0.05) is 0 Å². The normalized spacial score (nSPS) is 20.9. The van der Waals surface area contributed by atoms with E-state index in [0.717, 1.165) is 6.07 Å². The van der Waals surface area contributed by atoms with Crippen molar-refractivity contribution in [1.29, 1.82) is 0 Å². The maximum atomic E-state index is 15.7. The zero-order chi connectivity index (χ0) is 31.4. The molecule has 2 fully saturated rings. The first-order valence-electron chi connectivity index (χ1n) is 14.2. The summed E-state index contributed by atoms with van der Waals surface area (Å²) in [5, 5.41) is 12.1. The number of halogens is 2. The monoisotopic (exact) mass is 611 g/mol. The molecule has 3 aliphatic heterocycles. The van der Waals surface area contributed by atoms with Crippen molar-refractivity contribution in [2.24, 2.45) is 0 Å².